The normalized spacial score (nSPS) is 12.4. The summed E-state index contributed by atoms with van der Waals surface area (Å²) in [5, 5.41) is 25.1. The largest absolute Gasteiger partial charge is 0.480 e. The van der Waals surface area contributed by atoms with Gasteiger partial charge >= 0.3 is 18.0 Å². The van der Waals surface area contributed by atoms with Crippen LogP contribution in [0.15, 0.2) is 77.7 Å². The van der Waals surface area contributed by atoms with E-state index in [9.17, 15) is 37.8 Å². The van der Waals surface area contributed by atoms with Crippen molar-refractivity contribution in [2.45, 2.75) is 56.2 Å². The van der Waals surface area contributed by atoms with Gasteiger partial charge in [-0.25, -0.2) is 22.8 Å². The molecule has 0 fully saturated rings. The van der Waals surface area contributed by atoms with Gasteiger partial charge in [0.25, 0.3) is 15.9 Å². The van der Waals surface area contributed by atoms with Gasteiger partial charge in [0.2, 0.25) is 0 Å². The number of carboxylic acids is 2. The van der Waals surface area contributed by atoms with Gasteiger partial charge in [0.15, 0.2) is 0 Å². The van der Waals surface area contributed by atoms with Crippen molar-refractivity contribution in [2.24, 2.45) is 0 Å². The minimum absolute atomic E-state index is 0.0201. The number of carbonyl (C=O) groups is 4. The van der Waals surface area contributed by atoms with Gasteiger partial charge < -0.3 is 25.6 Å². The molecule has 1 aromatic heterocycles. The van der Waals surface area contributed by atoms with Crippen LogP contribution >= 0.6 is 80.7 Å². The minimum atomic E-state index is -4.16. The molecule has 0 aliphatic rings. The van der Waals surface area contributed by atoms with Crippen molar-refractivity contribution in [2.75, 3.05) is 4.72 Å². The second-order valence-corrected chi connectivity index (χ2v) is 18.1. The third kappa shape index (κ3) is 13.3. The van der Waals surface area contributed by atoms with Crippen LogP contribution < -0.4 is 15.4 Å². The number of alkyl carbamates (subject to hydrolysis) is 1. The van der Waals surface area contributed by atoms with Crippen molar-refractivity contribution < 1.29 is 42.5 Å². The molecule has 5 rings (SSSR count). The monoisotopic (exact) mass is 1010 g/mol. The first-order valence-corrected chi connectivity index (χ1v) is 21.1. The van der Waals surface area contributed by atoms with E-state index in [1.807, 2.05) is 22.6 Å². The molecule has 5 aromatic rings. The van der Waals surface area contributed by atoms with E-state index in [1.165, 1.54) is 30.3 Å². The summed E-state index contributed by atoms with van der Waals surface area (Å²) in [6, 6.07) is 15.9. The first-order chi connectivity index (χ1) is 26.6. The molecule has 0 spiro atoms. The number of rotatable bonds is 12. The van der Waals surface area contributed by atoms with Gasteiger partial charge in [-0.15, -0.1) is 0 Å². The van der Waals surface area contributed by atoms with Gasteiger partial charge in [0.1, 0.15) is 33.6 Å². The summed E-state index contributed by atoms with van der Waals surface area (Å²) in [7, 11) is -4.16. The number of sulfonamides is 1. The van der Waals surface area contributed by atoms with E-state index in [1.54, 1.807) is 63.2 Å². The Bertz CT molecular complexity index is 2430. The number of anilines is 1. The lowest BCUT2D eigenvalue weighted by atomic mass is 10.0. The number of aromatic nitrogens is 2. The number of nitrogens with zero attached hydrogens (tertiary/aromatic N) is 2. The Labute approximate surface area is 364 Å². The van der Waals surface area contributed by atoms with Gasteiger partial charge in [-0.05, 0) is 109 Å². The Hall–Kier alpha value is -3.98. The van der Waals surface area contributed by atoms with Crippen LogP contribution in [0.1, 0.15) is 42.3 Å². The van der Waals surface area contributed by atoms with Gasteiger partial charge in [-0.1, -0.05) is 64.6 Å². The number of halogens is 5. The molecule has 57 heavy (non-hydrogen) atoms. The predicted octanol–water partition coefficient (Wildman–Crippen LogP) is 8.34. The fourth-order valence-electron chi connectivity index (χ4n) is 4.90. The van der Waals surface area contributed by atoms with E-state index in [0.29, 0.717) is 35.3 Å². The SMILES string of the molecule is CC(C)(C)OC(=O)N[C@@H](Cc1ccc(Cl)cc1Cl)C(=O)O.O=C(N[C@@H](Cc1ccc(Cl)cc1Cl)C(=O)O)c1ccc(I)cc1NS(=O)(=O)c1cccc2nsnc12. The molecule has 2 amide bonds. The van der Waals surface area contributed by atoms with Crippen molar-refractivity contribution in [3.63, 3.8) is 0 Å². The van der Waals surface area contributed by atoms with E-state index in [-0.39, 0.29) is 39.5 Å². The quantitative estimate of drug-likeness (QED) is 0.0749. The molecule has 0 saturated heterocycles. The number of nitrogens with one attached hydrogen (secondary N) is 3. The number of ether oxygens (including phenoxy) is 1. The molecule has 14 nitrogen and oxygen atoms in total. The maximum atomic E-state index is 13.2. The smallest absolute Gasteiger partial charge is 0.408 e. The highest BCUT2D eigenvalue weighted by Crippen LogP contribution is 2.28. The molecule has 2 atom stereocenters. The molecule has 21 heteroatoms. The Morgan fingerprint density at radius 2 is 1.37 bits per heavy atom. The summed E-state index contributed by atoms with van der Waals surface area (Å²) in [4.78, 5) is 47.8. The average Bonchev–Trinajstić information content (AvgIpc) is 3.58. The van der Waals surface area contributed by atoms with Crippen LogP contribution in [-0.2, 0) is 37.2 Å². The fraction of sp³-hybridized carbons (Fsp3) is 0.222. The van der Waals surface area contributed by atoms with Gasteiger partial charge in [-0.2, -0.15) is 8.75 Å². The van der Waals surface area contributed by atoms with E-state index in [2.05, 4.69) is 24.1 Å². The number of benzene rings is 4. The molecule has 302 valence electrons. The van der Waals surface area contributed by atoms with Crippen molar-refractivity contribution >= 4 is 131 Å². The zero-order valence-corrected chi connectivity index (χ0v) is 36.7. The first-order valence-electron chi connectivity index (χ1n) is 16.3. The molecule has 0 radical (unpaired) electrons. The number of aliphatic carboxylic acids is 2. The number of hydrogen-bond acceptors (Lipinski definition) is 10. The Kier molecular flexibility index (Phi) is 15.8. The van der Waals surface area contributed by atoms with Crippen LogP contribution in [0.3, 0.4) is 0 Å². The summed E-state index contributed by atoms with van der Waals surface area (Å²) >= 11 is 26.7. The fourth-order valence-corrected chi connectivity index (χ4v) is 8.20. The number of amides is 2. The third-order valence-electron chi connectivity index (χ3n) is 7.48. The van der Waals surface area contributed by atoms with Crippen molar-refractivity contribution in [1.29, 1.82) is 0 Å². The number of hydrogen-bond donors (Lipinski definition) is 5. The Balaban J connectivity index is 0.000000293. The minimum Gasteiger partial charge on any atom is -0.480 e. The summed E-state index contributed by atoms with van der Waals surface area (Å²) in [5.74, 6) is -3.24. The highest BCUT2D eigenvalue weighted by Gasteiger charge is 2.27. The number of fused-ring (bicyclic) bond motifs is 1. The van der Waals surface area contributed by atoms with Gasteiger partial charge in [0, 0.05) is 36.5 Å². The van der Waals surface area contributed by atoms with E-state index in [4.69, 9.17) is 51.1 Å². The van der Waals surface area contributed by atoms with Crippen LogP contribution in [0, 0.1) is 3.57 Å². The lowest BCUT2D eigenvalue weighted by molar-refractivity contribution is -0.140. The summed E-state index contributed by atoms with van der Waals surface area (Å²) in [5.41, 5.74) is 0.896. The van der Waals surface area contributed by atoms with Crippen LogP contribution in [0.4, 0.5) is 10.5 Å². The van der Waals surface area contributed by atoms with Crippen molar-refractivity contribution in [3.8, 4) is 0 Å². The molecule has 0 aliphatic carbocycles. The molecular weight excluding hydrogens is 979 g/mol. The number of carbonyl (C=O) groups excluding carboxylic acids is 2. The lowest BCUT2D eigenvalue weighted by Gasteiger charge is -2.22. The molecule has 0 aliphatic heterocycles. The van der Waals surface area contributed by atoms with E-state index < -0.39 is 51.6 Å². The topological polar surface area (TPSA) is 214 Å². The van der Waals surface area contributed by atoms with Gasteiger partial charge in [0.05, 0.1) is 23.0 Å². The zero-order chi connectivity index (χ0) is 42.2. The predicted molar refractivity (Wildman–Crippen MR) is 227 cm³/mol. The molecule has 1 heterocycles. The van der Waals surface area contributed by atoms with Crippen molar-refractivity contribution in [1.82, 2.24) is 19.4 Å². The second-order valence-electron chi connectivity index (χ2n) is 13.0. The molecule has 0 unspecified atom stereocenters. The second kappa shape index (κ2) is 19.6. The summed E-state index contributed by atoms with van der Waals surface area (Å²) < 4.78 is 42.7. The third-order valence-corrected chi connectivity index (χ3v) is 11.3. The van der Waals surface area contributed by atoms with Crippen molar-refractivity contribution in [3.05, 3.63) is 113 Å². The maximum Gasteiger partial charge on any atom is 0.408 e. The summed E-state index contributed by atoms with van der Waals surface area (Å²) in [6.45, 7) is 5.08. The molecule has 0 saturated carbocycles. The van der Waals surface area contributed by atoms with Crippen LogP contribution in [0.2, 0.25) is 20.1 Å². The van der Waals surface area contributed by atoms with Crippen LogP contribution in [-0.4, -0.2) is 69.0 Å². The van der Waals surface area contributed by atoms with Gasteiger partial charge in [-0.3, -0.25) is 9.52 Å². The molecular formula is C36H32Cl4IN5O9S2. The molecule has 0 bridgehead atoms. The lowest BCUT2D eigenvalue weighted by Crippen LogP contribution is -2.44. The van der Waals surface area contributed by atoms with E-state index >= 15 is 0 Å². The Morgan fingerprint density at radius 1 is 0.807 bits per heavy atom. The zero-order valence-electron chi connectivity index (χ0n) is 29.9. The maximum absolute atomic E-state index is 13.2. The van der Waals surface area contributed by atoms with Crippen LogP contribution in [0.5, 0.6) is 0 Å². The highest BCUT2D eigenvalue weighted by molar-refractivity contribution is 14.1. The highest BCUT2D eigenvalue weighted by atomic mass is 127. The number of carboxylic acid groups (broad SMARTS) is 2. The van der Waals surface area contributed by atoms with E-state index in [0.717, 1.165) is 11.7 Å². The summed E-state index contributed by atoms with van der Waals surface area (Å²) in [6.07, 6.45) is -0.869. The average molecular weight is 1010 g/mol. The standard InChI is InChI=1S/C22H15Cl2IN4O5S2.C14H17Cl2NO4/c23-12-5-4-11(15(24)9-12)8-18(22(31)32)26-21(30)14-7-6-13(25)10-17(14)29-36(33,34)19-3-1-2-16-20(19)28-35-27-16;1-14(2,3)21-13(20)17-11(12(18)19)6-8-4-5-9(15)7-10(8)16/h1-7,9-10,18,29H,8H2,(H,26,30)(H,31,32);4-5,7,11H,6H2,1-3H3,(H,17,20)(H,18,19)/t18-;11-/m00/s1. The Morgan fingerprint density at radius 3 is 1.89 bits per heavy atom. The first kappa shape index (κ1) is 45.7. The molecule has 4 aromatic carbocycles. The molecule has 5 N–H and O–H groups in total. The van der Waals surface area contributed by atoms with Crippen LogP contribution in [0.25, 0.3) is 11.0 Å².